The molecule has 0 bridgehead atoms. The molecule has 2 atom stereocenters. The molecule has 2 heterocycles. The average molecular weight is 324 g/mol. The van der Waals surface area contributed by atoms with Crippen molar-refractivity contribution in [2.45, 2.75) is 32.9 Å². The second-order valence-electron chi connectivity index (χ2n) is 5.02. The van der Waals surface area contributed by atoms with Crippen molar-refractivity contribution in [3.8, 4) is 0 Å². The first-order valence-corrected chi connectivity index (χ1v) is 8.54. The highest BCUT2D eigenvalue weighted by molar-refractivity contribution is 7.12. The Morgan fingerprint density at radius 1 is 1.43 bits per heavy atom. The van der Waals surface area contributed by atoms with Gasteiger partial charge in [0.05, 0.1) is 12.1 Å². The van der Waals surface area contributed by atoms with Crippen molar-refractivity contribution in [3.05, 3.63) is 43.8 Å². The largest absolute Gasteiger partial charge is 0.387 e. The van der Waals surface area contributed by atoms with E-state index in [9.17, 15) is 9.90 Å². The highest BCUT2D eigenvalue weighted by Gasteiger charge is 2.15. The third-order valence-corrected chi connectivity index (χ3v) is 4.96. The van der Waals surface area contributed by atoms with Crippen LogP contribution in [0.15, 0.2) is 22.9 Å². The number of amides is 2. The van der Waals surface area contributed by atoms with E-state index in [0.29, 0.717) is 0 Å². The van der Waals surface area contributed by atoms with E-state index in [-0.39, 0.29) is 18.6 Å². The summed E-state index contributed by atoms with van der Waals surface area (Å²) in [5, 5.41) is 19.3. The summed E-state index contributed by atoms with van der Waals surface area (Å²) in [5.74, 6) is 0. The average Bonchev–Trinajstić information content (AvgIpc) is 3.05. The van der Waals surface area contributed by atoms with Crippen LogP contribution in [0.25, 0.3) is 0 Å². The summed E-state index contributed by atoms with van der Waals surface area (Å²) < 4.78 is 0. The molecule has 21 heavy (non-hydrogen) atoms. The fourth-order valence-electron chi connectivity index (χ4n) is 2.18. The van der Waals surface area contributed by atoms with Gasteiger partial charge in [0.2, 0.25) is 0 Å². The Morgan fingerprint density at radius 2 is 2.19 bits per heavy atom. The molecular weight excluding hydrogens is 304 g/mol. The lowest BCUT2D eigenvalue weighted by atomic mass is 10.1. The van der Waals surface area contributed by atoms with Crippen molar-refractivity contribution < 1.29 is 9.90 Å². The Morgan fingerprint density at radius 3 is 2.76 bits per heavy atom. The SMILES string of the molecule is Cc1cc([C@@H](C)NC(=O)NC[C@H](O)c2ccsc2)c(C)s1. The number of carbonyl (C=O) groups excluding carboxylic acids is 1. The molecule has 0 aliphatic rings. The molecule has 0 aliphatic heterocycles. The van der Waals surface area contributed by atoms with Gasteiger partial charge in [-0.1, -0.05) is 0 Å². The van der Waals surface area contributed by atoms with E-state index in [0.717, 1.165) is 11.1 Å². The number of rotatable bonds is 5. The highest BCUT2D eigenvalue weighted by Crippen LogP contribution is 2.26. The van der Waals surface area contributed by atoms with Crippen molar-refractivity contribution in [1.82, 2.24) is 10.6 Å². The summed E-state index contributed by atoms with van der Waals surface area (Å²) in [6, 6.07) is 3.65. The first-order chi connectivity index (χ1) is 9.97. The van der Waals surface area contributed by atoms with Crippen LogP contribution in [0.4, 0.5) is 4.79 Å². The number of carbonyl (C=O) groups is 1. The van der Waals surface area contributed by atoms with Gasteiger partial charge in [-0.2, -0.15) is 11.3 Å². The molecule has 0 spiro atoms. The number of hydrogen-bond donors (Lipinski definition) is 3. The lowest BCUT2D eigenvalue weighted by Crippen LogP contribution is -2.39. The number of thiophene rings is 2. The monoisotopic (exact) mass is 324 g/mol. The Kier molecular flexibility index (Phi) is 5.39. The van der Waals surface area contributed by atoms with Crippen LogP contribution in [-0.2, 0) is 0 Å². The third kappa shape index (κ3) is 4.30. The van der Waals surface area contributed by atoms with Gasteiger partial charge in [0, 0.05) is 16.3 Å². The third-order valence-electron chi connectivity index (χ3n) is 3.28. The summed E-state index contributed by atoms with van der Waals surface area (Å²) in [5.41, 5.74) is 1.98. The molecule has 114 valence electrons. The van der Waals surface area contributed by atoms with E-state index < -0.39 is 6.10 Å². The van der Waals surface area contributed by atoms with E-state index >= 15 is 0 Å². The zero-order valence-corrected chi connectivity index (χ0v) is 14.0. The van der Waals surface area contributed by atoms with Crippen LogP contribution >= 0.6 is 22.7 Å². The van der Waals surface area contributed by atoms with Crippen LogP contribution in [0.3, 0.4) is 0 Å². The summed E-state index contributed by atoms with van der Waals surface area (Å²) in [4.78, 5) is 14.4. The molecule has 0 saturated carbocycles. The predicted molar refractivity (Wildman–Crippen MR) is 88.0 cm³/mol. The van der Waals surface area contributed by atoms with E-state index in [1.807, 2.05) is 23.8 Å². The van der Waals surface area contributed by atoms with Crippen LogP contribution in [0, 0.1) is 13.8 Å². The van der Waals surface area contributed by atoms with Crippen molar-refractivity contribution in [2.75, 3.05) is 6.54 Å². The second kappa shape index (κ2) is 7.06. The van der Waals surface area contributed by atoms with Gasteiger partial charge in [0.25, 0.3) is 0 Å². The Hall–Kier alpha value is -1.37. The highest BCUT2D eigenvalue weighted by atomic mass is 32.1. The lowest BCUT2D eigenvalue weighted by molar-refractivity contribution is 0.173. The maximum atomic E-state index is 11.9. The topological polar surface area (TPSA) is 61.4 Å². The molecule has 6 heteroatoms. The molecule has 2 aromatic rings. The number of aliphatic hydroxyl groups is 1. The minimum atomic E-state index is -0.664. The maximum Gasteiger partial charge on any atom is 0.315 e. The summed E-state index contributed by atoms with van der Waals surface area (Å²) in [6.07, 6.45) is -0.664. The van der Waals surface area contributed by atoms with Gasteiger partial charge in [0.15, 0.2) is 0 Å². The van der Waals surface area contributed by atoms with E-state index in [4.69, 9.17) is 0 Å². The summed E-state index contributed by atoms with van der Waals surface area (Å²) >= 11 is 3.26. The molecule has 4 nitrogen and oxygen atoms in total. The summed E-state index contributed by atoms with van der Waals surface area (Å²) in [7, 11) is 0. The van der Waals surface area contributed by atoms with Crippen molar-refractivity contribution >= 4 is 28.7 Å². The number of aliphatic hydroxyl groups excluding tert-OH is 1. The lowest BCUT2D eigenvalue weighted by Gasteiger charge is -2.16. The molecule has 2 amide bonds. The maximum absolute atomic E-state index is 11.9. The molecule has 2 aromatic heterocycles. The number of urea groups is 1. The van der Waals surface area contributed by atoms with Crippen LogP contribution in [0.5, 0.6) is 0 Å². The molecule has 0 aromatic carbocycles. The van der Waals surface area contributed by atoms with Gasteiger partial charge in [-0.05, 0) is 54.8 Å². The fraction of sp³-hybridized carbons (Fsp3) is 0.400. The smallest absolute Gasteiger partial charge is 0.315 e. The van der Waals surface area contributed by atoms with E-state index in [2.05, 4.69) is 30.5 Å². The molecule has 0 fully saturated rings. The normalized spacial score (nSPS) is 13.7. The van der Waals surface area contributed by atoms with Crippen LogP contribution < -0.4 is 10.6 Å². The number of hydrogen-bond acceptors (Lipinski definition) is 4. The number of aryl methyl sites for hydroxylation is 2. The van der Waals surface area contributed by atoms with Gasteiger partial charge in [-0.3, -0.25) is 0 Å². The number of nitrogens with one attached hydrogen (secondary N) is 2. The Bertz CT molecular complexity index is 593. The zero-order chi connectivity index (χ0) is 15.4. The summed E-state index contributed by atoms with van der Waals surface area (Å²) in [6.45, 7) is 6.29. The molecule has 0 aliphatic carbocycles. The molecule has 0 radical (unpaired) electrons. The molecule has 2 rings (SSSR count). The van der Waals surface area contributed by atoms with E-state index in [1.165, 1.54) is 21.1 Å². The molecular formula is C15H20N2O2S2. The van der Waals surface area contributed by atoms with Crippen molar-refractivity contribution in [1.29, 1.82) is 0 Å². The zero-order valence-electron chi connectivity index (χ0n) is 12.3. The van der Waals surface area contributed by atoms with Gasteiger partial charge < -0.3 is 15.7 Å². The molecule has 0 unspecified atom stereocenters. The Labute approximate surface area is 132 Å². The Balaban J connectivity index is 1.83. The van der Waals surface area contributed by atoms with Crippen molar-refractivity contribution in [3.63, 3.8) is 0 Å². The van der Waals surface area contributed by atoms with E-state index in [1.54, 1.807) is 11.3 Å². The second-order valence-corrected chi connectivity index (χ2v) is 7.26. The van der Waals surface area contributed by atoms with Crippen LogP contribution in [0.1, 0.15) is 40.0 Å². The fourth-order valence-corrected chi connectivity index (χ4v) is 3.91. The first-order valence-electron chi connectivity index (χ1n) is 6.79. The molecule has 0 saturated heterocycles. The van der Waals surface area contributed by atoms with Gasteiger partial charge >= 0.3 is 6.03 Å². The first kappa shape index (κ1) is 16.0. The molecule has 3 N–H and O–H groups in total. The van der Waals surface area contributed by atoms with Crippen LogP contribution in [0.2, 0.25) is 0 Å². The quantitative estimate of drug-likeness (QED) is 0.788. The van der Waals surface area contributed by atoms with Crippen molar-refractivity contribution in [2.24, 2.45) is 0 Å². The minimum Gasteiger partial charge on any atom is -0.387 e. The van der Waals surface area contributed by atoms with Gasteiger partial charge in [-0.15, -0.1) is 11.3 Å². The minimum absolute atomic E-state index is 0.0479. The van der Waals surface area contributed by atoms with Gasteiger partial charge in [0.1, 0.15) is 0 Å². The van der Waals surface area contributed by atoms with Crippen LogP contribution in [-0.4, -0.2) is 17.7 Å². The standard InChI is InChI=1S/C15H20N2O2S2/c1-9-6-13(11(3)21-9)10(2)17-15(19)16-7-14(18)12-4-5-20-8-12/h4-6,8,10,14,18H,7H2,1-3H3,(H2,16,17,19)/t10-,14+/m1/s1. The van der Waals surface area contributed by atoms with Gasteiger partial charge in [-0.25, -0.2) is 4.79 Å². The predicted octanol–water partition coefficient (Wildman–Crippen LogP) is 3.52.